The van der Waals surface area contributed by atoms with Crippen molar-refractivity contribution in [2.75, 3.05) is 0 Å². The second kappa shape index (κ2) is 11.0. The van der Waals surface area contributed by atoms with Crippen molar-refractivity contribution in [2.45, 2.75) is 135 Å². The van der Waals surface area contributed by atoms with Crippen LogP contribution in [0.3, 0.4) is 0 Å². The van der Waals surface area contributed by atoms with E-state index in [1.807, 2.05) is 12.1 Å². The van der Waals surface area contributed by atoms with E-state index in [9.17, 15) is 14.7 Å². The first-order chi connectivity index (χ1) is 17.9. The zero-order chi connectivity index (χ0) is 27.8. The lowest BCUT2D eigenvalue weighted by molar-refractivity contribution is -0.219. The van der Waals surface area contributed by atoms with Crippen molar-refractivity contribution < 1.29 is 38.4 Å². The van der Waals surface area contributed by atoms with Gasteiger partial charge in [0.25, 0.3) is 0 Å². The third-order valence-electron chi connectivity index (χ3n) is 7.87. The van der Waals surface area contributed by atoms with Crippen LogP contribution in [-0.2, 0) is 35.0 Å². The zero-order valence-electron chi connectivity index (χ0n) is 23.9. The predicted octanol–water partition coefficient (Wildman–Crippen LogP) is 5.56. The summed E-state index contributed by atoms with van der Waals surface area (Å²) >= 11 is 0. The van der Waals surface area contributed by atoms with E-state index in [1.165, 1.54) is 0 Å². The second-order valence-corrected chi connectivity index (χ2v) is 12.1. The molecule has 4 atom stereocenters. The van der Waals surface area contributed by atoms with E-state index in [1.54, 1.807) is 27.7 Å². The summed E-state index contributed by atoms with van der Waals surface area (Å²) in [5.74, 6) is -1.63. The fourth-order valence-corrected chi connectivity index (χ4v) is 6.27. The number of carbonyl (C=O) groups is 2. The quantitative estimate of drug-likeness (QED) is 0.343. The van der Waals surface area contributed by atoms with Gasteiger partial charge < -0.3 is 28.8 Å². The van der Waals surface area contributed by atoms with Crippen molar-refractivity contribution in [3.8, 4) is 11.5 Å². The Balaban J connectivity index is 1.65. The molecule has 2 heterocycles. The van der Waals surface area contributed by atoms with Crippen LogP contribution in [0.25, 0.3) is 0 Å². The highest BCUT2D eigenvalue weighted by atomic mass is 16.8. The number of benzene rings is 1. The van der Waals surface area contributed by atoms with E-state index in [0.29, 0.717) is 25.0 Å². The van der Waals surface area contributed by atoms with Crippen molar-refractivity contribution in [3.63, 3.8) is 0 Å². The van der Waals surface area contributed by atoms with E-state index in [-0.39, 0.29) is 29.8 Å². The van der Waals surface area contributed by atoms with Crippen molar-refractivity contribution in [3.05, 3.63) is 23.3 Å². The molecule has 8 nitrogen and oxygen atoms in total. The average molecular weight is 533 g/mol. The van der Waals surface area contributed by atoms with Crippen molar-refractivity contribution in [1.82, 2.24) is 0 Å². The fraction of sp³-hybridized carbons (Fsp3) is 0.733. The minimum absolute atomic E-state index is 0.0902. The summed E-state index contributed by atoms with van der Waals surface area (Å²) in [5, 5.41) is 11.2. The molecular formula is C30H44O8. The summed E-state index contributed by atoms with van der Waals surface area (Å²) < 4.78 is 29.9. The van der Waals surface area contributed by atoms with Crippen LogP contribution in [0.1, 0.15) is 104 Å². The lowest BCUT2D eigenvalue weighted by Gasteiger charge is -2.51. The minimum atomic E-state index is -1.22. The average Bonchev–Trinajstić information content (AvgIpc) is 3.16. The molecule has 0 aromatic heterocycles. The number of hydrogen-bond acceptors (Lipinski definition) is 8. The topological polar surface area (TPSA) is 101 Å². The smallest absolute Gasteiger partial charge is 0.339 e. The zero-order valence-corrected chi connectivity index (χ0v) is 23.9. The molecule has 0 bridgehead atoms. The number of rotatable bonds is 8. The number of ether oxygens (including phenoxy) is 5. The van der Waals surface area contributed by atoms with Gasteiger partial charge in [0.2, 0.25) is 0 Å². The largest absolute Gasteiger partial charge is 0.508 e. The molecule has 1 N–H and O–H groups in total. The normalized spacial score (nSPS) is 27.1. The van der Waals surface area contributed by atoms with Crippen LogP contribution in [0.5, 0.6) is 11.5 Å². The highest BCUT2D eigenvalue weighted by Crippen LogP contribution is 2.58. The maximum atomic E-state index is 13.0. The molecule has 3 aliphatic rings. The Morgan fingerprint density at radius 3 is 2.18 bits per heavy atom. The van der Waals surface area contributed by atoms with Gasteiger partial charge in [0, 0.05) is 30.2 Å². The highest BCUT2D eigenvalue weighted by Gasteiger charge is 2.60. The molecule has 2 fully saturated rings. The van der Waals surface area contributed by atoms with Gasteiger partial charge in [0.1, 0.15) is 17.1 Å². The van der Waals surface area contributed by atoms with Gasteiger partial charge in [-0.15, -0.1) is 0 Å². The number of aromatic hydroxyl groups is 1. The van der Waals surface area contributed by atoms with E-state index in [2.05, 4.69) is 20.8 Å². The molecule has 2 aliphatic heterocycles. The molecule has 1 aromatic carbocycles. The molecular weight excluding hydrogens is 488 g/mol. The van der Waals surface area contributed by atoms with E-state index in [0.717, 1.165) is 36.8 Å². The minimum Gasteiger partial charge on any atom is -0.508 e. The lowest BCUT2D eigenvalue weighted by atomic mass is 9.65. The molecule has 1 saturated carbocycles. The first-order valence-corrected chi connectivity index (χ1v) is 14.2. The molecule has 1 spiro atoms. The SMILES string of the molecule is CCCCCc1cc(O)c2c(c1)OC(C)(C)[C@H]1CCC3(C[C@H]21)O[C@H](C(=O)OC(C)C)[C@@H](C(=O)OC(C)C)O3. The number of phenols is 1. The first-order valence-electron chi connectivity index (χ1n) is 14.2. The number of unbranched alkanes of at least 4 members (excludes halogenated alkanes) is 2. The molecule has 4 rings (SSSR count). The number of carbonyl (C=O) groups excluding carboxylic acids is 2. The molecule has 1 saturated heterocycles. The Kier molecular flexibility index (Phi) is 8.34. The Morgan fingerprint density at radius 1 is 1.03 bits per heavy atom. The number of aryl methyl sites for hydroxylation is 1. The molecule has 38 heavy (non-hydrogen) atoms. The summed E-state index contributed by atoms with van der Waals surface area (Å²) in [6.07, 6.45) is 2.53. The second-order valence-electron chi connectivity index (χ2n) is 12.1. The van der Waals surface area contributed by atoms with Crippen LogP contribution in [0.4, 0.5) is 0 Å². The first kappa shape index (κ1) is 28.7. The van der Waals surface area contributed by atoms with E-state index in [4.69, 9.17) is 23.7 Å². The summed E-state index contributed by atoms with van der Waals surface area (Å²) in [7, 11) is 0. The molecule has 0 radical (unpaired) electrons. The van der Waals surface area contributed by atoms with E-state index >= 15 is 0 Å². The standard InChI is InChI=1S/C30H44O8/c1-8-9-10-11-19-14-22(31)24-20-16-30(13-12-21(20)29(6,7)36-23(24)15-19)37-25(27(32)34-17(2)3)26(38-30)28(33)35-18(4)5/h14-15,17-18,20-21,25-26,31H,8-13,16H2,1-7H3/t20-,21-,25-,26-/m0/s1. The Morgan fingerprint density at radius 2 is 1.63 bits per heavy atom. The Labute approximate surface area is 226 Å². The van der Waals surface area contributed by atoms with Gasteiger partial charge in [-0.1, -0.05) is 19.8 Å². The number of esters is 2. The number of phenolic OH excluding ortho intramolecular Hbond substituents is 1. The van der Waals surface area contributed by atoms with Crippen molar-refractivity contribution in [1.29, 1.82) is 0 Å². The van der Waals surface area contributed by atoms with Gasteiger partial charge in [-0.2, -0.15) is 0 Å². The Hall–Kier alpha value is -2.32. The Bertz CT molecular complexity index is 999. The number of hydrogen-bond donors (Lipinski definition) is 1. The molecule has 0 amide bonds. The summed E-state index contributed by atoms with van der Waals surface area (Å²) in [4.78, 5) is 25.9. The predicted molar refractivity (Wildman–Crippen MR) is 141 cm³/mol. The van der Waals surface area contributed by atoms with E-state index < -0.39 is 35.5 Å². The van der Waals surface area contributed by atoms with Crippen LogP contribution < -0.4 is 4.74 Å². The van der Waals surface area contributed by atoms with Crippen molar-refractivity contribution in [2.24, 2.45) is 5.92 Å². The number of fused-ring (bicyclic) bond motifs is 3. The van der Waals surface area contributed by atoms with Crippen LogP contribution in [0.2, 0.25) is 0 Å². The molecule has 212 valence electrons. The maximum absolute atomic E-state index is 13.0. The summed E-state index contributed by atoms with van der Waals surface area (Å²) in [5.41, 5.74) is 1.32. The summed E-state index contributed by atoms with van der Waals surface area (Å²) in [6.45, 7) is 13.3. The van der Waals surface area contributed by atoms with Gasteiger partial charge in [-0.05, 0) is 78.5 Å². The summed E-state index contributed by atoms with van der Waals surface area (Å²) in [6, 6.07) is 3.89. The third-order valence-corrected chi connectivity index (χ3v) is 7.87. The molecule has 8 heteroatoms. The van der Waals surface area contributed by atoms with Gasteiger partial charge in [0.05, 0.1) is 12.2 Å². The molecule has 0 unspecified atom stereocenters. The van der Waals surface area contributed by atoms with Gasteiger partial charge in [0.15, 0.2) is 18.0 Å². The third kappa shape index (κ3) is 5.81. The highest BCUT2D eigenvalue weighted by molar-refractivity contribution is 5.86. The lowest BCUT2D eigenvalue weighted by Crippen LogP contribution is -2.51. The maximum Gasteiger partial charge on any atom is 0.339 e. The van der Waals surface area contributed by atoms with Gasteiger partial charge >= 0.3 is 11.9 Å². The molecule has 1 aliphatic carbocycles. The van der Waals surface area contributed by atoms with Crippen LogP contribution in [0, 0.1) is 5.92 Å². The van der Waals surface area contributed by atoms with Gasteiger partial charge in [-0.25, -0.2) is 9.59 Å². The fourth-order valence-electron chi connectivity index (χ4n) is 6.27. The monoisotopic (exact) mass is 532 g/mol. The van der Waals surface area contributed by atoms with Crippen LogP contribution in [0.15, 0.2) is 12.1 Å². The molecule has 1 aromatic rings. The van der Waals surface area contributed by atoms with Crippen LogP contribution >= 0.6 is 0 Å². The van der Waals surface area contributed by atoms with Crippen LogP contribution in [-0.4, -0.2) is 52.8 Å². The van der Waals surface area contributed by atoms with Crippen molar-refractivity contribution >= 4 is 11.9 Å². The van der Waals surface area contributed by atoms with Gasteiger partial charge in [-0.3, -0.25) is 0 Å².